The molecule has 6 nitrogen and oxygen atoms in total. The Morgan fingerprint density at radius 2 is 1.45 bits per heavy atom. The number of carbonyl (C=O) groups excluding carboxylic acids is 3. The van der Waals surface area contributed by atoms with Crippen LogP contribution in [0.1, 0.15) is 82.6 Å². The molecule has 3 amide bonds. The summed E-state index contributed by atoms with van der Waals surface area (Å²) < 4.78 is 5.43. The molecule has 31 heavy (non-hydrogen) atoms. The van der Waals surface area contributed by atoms with Crippen molar-refractivity contribution in [1.82, 2.24) is 9.80 Å². The lowest BCUT2D eigenvalue weighted by atomic mass is 9.88. The molecule has 1 aromatic carbocycles. The van der Waals surface area contributed by atoms with Crippen LogP contribution in [0.15, 0.2) is 30.3 Å². The zero-order chi connectivity index (χ0) is 21.6. The van der Waals surface area contributed by atoms with Gasteiger partial charge in [-0.15, -0.1) is 0 Å². The van der Waals surface area contributed by atoms with Gasteiger partial charge in [-0.25, -0.2) is 9.69 Å². The lowest BCUT2D eigenvalue weighted by molar-refractivity contribution is -0.145. The third-order valence-corrected chi connectivity index (χ3v) is 7.09. The Morgan fingerprint density at radius 1 is 0.871 bits per heavy atom. The average Bonchev–Trinajstić information content (AvgIpc) is 3.21. The molecule has 1 atom stereocenters. The number of nitrogens with zero attached hydrogens (tertiary/aromatic N) is 2. The Kier molecular flexibility index (Phi) is 7.25. The maximum Gasteiger partial charge on any atom is 0.417 e. The van der Waals surface area contributed by atoms with E-state index in [1.165, 1.54) is 12.8 Å². The van der Waals surface area contributed by atoms with Gasteiger partial charge in [-0.2, -0.15) is 0 Å². The van der Waals surface area contributed by atoms with Crippen LogP contribution in [-0.4, -0.2) is 45.8 Å². The molecule has 0 aromatic heterocycles. The quantitative estimate of drug-likeness (QED) is 0.678. The van der Waals surface area contributed by atoms with Crippen molar-refractivity contribution in [2.75, 3.05) is 0 Å². The SMILES string of the molecule is O=C([C@@H]1CCC(=O)N1C(=O)OCc1ccccc1)N(C1CCCCC1)C1CCCCC1. The predicted octanol–water partition coefficient (Wildman–Crippen LogP) is 4.81. The minimum Gasteiger partial charge on any atom is -0.444 e. The molecule has 0 spiro atoms. The van der Waals surface area contributed by atoms with Crippen LogP contribution in [-0.2, 0) is 20.9 Å². The van der Waals surface area contributed by atoms with Crippen molar-refractivity contribution < 1.29 is 19.1 Å². The Balaban J connectivity index is 1.49. The van der Waals surface area contributed by atoms with Crippen molar-refractivity contribution in [3.8, 4) is 0 Å². The van der Waals surface area contributed by atoms with Gasteiger partial charge in [-0.05, 0) is 37.7 Å². The summed E-state index contributed by atoms with van der Waals surface area (Å²) in [6.07, 6.45) is 11.1. The van der Waals surface area contributed by atoms with Crippen LogP contribution in [0.25, 0.3) is 0 Å². The van der Waals surface area contributed by atoms with Gasteiger partial charge in [0.05, 0.1) is 0 Å². The fourth-order valence-electron chi connectivity index (χ4n) is 5.48. The Morgan fingerprint density at radius 3 is 2.03 bits per heavy atom. The zero-order valence-corrected chi connectivity index (χ0v) is 18.3. The normalized spacial score (nSPS) is 23.0. The largest absolute Gasteiger partial charge is 0.444 e. The van der Waals surface area contributed by atoms with Crippen LogP contribution in [0, 0.1) is 0 Å². The maximum absolute atomic E-state index is 13.8. The first-order valence-electron chi connectivity index (χ1n) is 12.0. The number of hydrogen-bond acceptors (Lipinski definition) is 4. The highest BCUT2D eigenvalue weighted by molar-refractivity contribution is 6.00. The van der Waals surface area contributed by atoms with Gasteiger partial charge in [-0.1, -0.05) is 68.9 Å². The number of hydrogen-bond donors (Lipinski definition) is 0. The predicted molar refractivity (Wildman–Crippen MR) is 117 cm³/mol. The van der Waals surface area contributed by atoms with E-state index in [1.807, 2.05) is 30.3 Å². The third-order valence-electron chi connectivity index (χ3n) is 7.09. The smallest absolute Gasteiger partial charge is 0.417 e. The van der Waals surface area contributed by atoms with Crippen LogP contribution in [0.3, 0.4) is 0 Å². The number of carbonyl (C=O) groups is 3. The second-order valence-electron chi connectivity index (χ2n) is 9.19. The molecule has 6 heteroatoms. The molecule has 0 N–H and O–H groups in total. The van der Waals surface area contributed by atoms with Gasteiger partial charge in [0, 0.05) is 18.5 Å². The standard InChI is InChI=1S/C25H34N2O4/c28-23-17-16-22(27(23)25(30)31-18-19-10-4-1-5-11-19)24(29)26(20-12-6-2-7-13-20)21-14-8-3-9-15-21/h1,4-5,10-11,20-22H,2-3,6-9,12-18H2/t22-/m0/s1. The van der Waals surface area contributed by atoms with Crippen LogP contribution in [0.4, 0.5) is 4.79 Å². The van der Waals surface area contributed by atoms with Crippen molar-refractivity contribution in [2.45, 2.75) is 102 Å². The summed E-state index contributed by atoms with van der Waals surface area (Å²) in [6, 6.07) is 9.15. The van der Waals surface area contributed by atoms with Gasteiger partial charge in [0.15, 0.2) is 0 Å². The van der Waals surface area contributed by atoms with Crippen LogP contribution < -0.4 is 0 Å². The van der Waals surface area contributed by atoms with Crippen molar-refractivity contribution in [3.63, 3.8) is 0 Å². The lowest BCUT2D eigenvalue weighted by Crippen LogP contribution is -2.56. The topological polar surface area (TPSA) is 66.9 Å². The molecule has 168 valence electrons. The van der Waals surface area contributed by atoms with E-state index in [9.17, 15) is 14.4 Å². The molecule has 1 aliphatic heterocycles. The molecule has 0 radical (unpaired) electrons. The minimum atomic E-state index is -0.723. The number of ether oxygens (including phenoxy) is 1. The first kappa shape index (κ1) is 21.8. The monoisotopic (exact) mass is 426 g/mol. The van der Waals surface area contributed by atoms with E-state index < -0.39 is 12.1 Å². The number of amides is 3. The van der Waals surface area contributed by atoms with E-state index in [0.717, 1.165) is 61.8 Å². The highest BCUT2D eigenvalue weighted by atomic mass is 16.6. The van der Waals surface area contributed by atoms with E-state index in [-0.39, 0.29) is 36.9 Å². The summed E-state index contributed by atoms with van der Waals surface area (Å²) in [6.45, 7) is 0.0966. The third kappa shape index (κ3) is 5.10. The second-order valence-corrected chi connectivity index (χ2v) is 9.19. The highest BCUT2D eigenvalue weighted by Crippen LogP contribution is 2.33. The maximum atomic E-state index is 13.8. The van der Waals surface area contributed by atoms with Gasteiger partial charge in [-0.3, -0.25) is 9.59 Å². The first-order chi connectivity index (χ1) is 15.1. The van der Waals surface area contributed by atoms with Crippen molar-refractivity contribution in [2.24, 2.45) is 0 Å². The summed E-state index contributed by atoms with van der Waals surface area (Å²) in [5.74, 6) is -0.343. The van der Waals surface area contributed by atoms with E-state index in [1.54, 1.807) is 0 Å². The summed E-state index contributed by atoms with van der Waals surface area (Å²) in [5, 5.41) is 0. The second kappa shape index (κ2) is 10.3. The van der Waals surface area contributed by atoms with Gasteiger partial charge in [0.2, 0.25) is 11.8 Å². The molecule has 4 rings (SSSR count). The molecule has 1 heterocycles. The number of likely N-dealkylation sites (tertiary alicyclic amines) is 1. The van der Waals surface area contributed by atoms with Crippen molar-refractivity contribution >= 4 is 17.9 Å². The molecule has 1 aromatic rings. The Bertz CT molecular complexity index is 751. The summed E-state index contributed by atoms with van der Waals surface area (Å²) in [7, 11) is 0. The van der Waals surface area contributed by atoms with E-state index in [0.29, 0.717) is 6.42 Å². The van der Waals surface area contributed by atoms with Gasteiger partial charge in [0.25, 0.3) is 0 Å². The van der Waals surface area contributed by atoms with Crippen LogP contribution in [0.2, 0.25) is 0 Å². The summed E-state index contributed by atoms with van der Waals surface area (Å²) >= 11 is 0. The number of imide groups is 1. The Hall–Kier alpha value is -2.37. The molecule has 0 bridgehead atoms. The van der Waals surface area contributed by atoms with Crippen LogP contribution in [0.5, 0.6) is 0 Å². The zero-order valence-electron chi connectivity index (χ0n) is 18.3. The lowest BCUT2D eigenvalue weighted by Gasteiger charge is -2.43. The van der Waals surface area contributed by atoms with Gasteiger partial charge < -0.3 is 9.64 Å². The number of rotatable bonds is 5. The molecule has 3 aliphatic rings. The molecule has 1 saturated heterocycles. The van der Waals surface area contributed by atoms with Crippen LogP contribution >= 0.6 is 0 Å². The fourth-order valence-corrected chi connectivity index (χ4v) is 5.48. The molecule has 2 aliphatic carbocycles. The average molecular weight is 427 g/mol. The van der Waals surface area contributed by atoms with E-state index in [2.05, 4.69) is 4.90 Å². The molecular weight excluding hydrogens is 392 g/mol. The molecular formula is C25H34N2O4. The highest BCUT2D eigenvalue weighted by Gasteiger charge is 2.45. The Labute approximate surface area is 184 Å². The first-order valence-corrected chi connectivity index (χ1v) is 12.0. The fraction of sp³-hybridized carbons (Fsp3) is 0.640. The summed E-state index contributed by atoms with van der Waals surface area (Å²) in [4.78, 5) is 42.4. The van der Waals surface area contributed by atoms with Crippen molar-refractivity contribution in [3.05, 3.63) is 35.9 Å². The molecule has 0 unspecified atom stereocenters. The molecule has 2 saturated carbocycles. The van der Waals surface area contributed by atoms with Crippen molar-refractivity contribution in [1.29, 1.82) is 0 Å². The van der Waals surface area contributed by atoms with E-state index >= 15 is 0 Å². The molecule has 3 fully saturated rings. The van der Waals surface area contributed by atoms with Gasteiger partial charge >= 0.3 is 6.09 Å². The minimum absolute atomic E-state index is 0.0405. The van der Waals surface area contributed by atoms with Gasteiger partial charge in [0.1, 0.15) is 12.6 Å². The summed E-state index contributed by atoms with van der Waals surface area (Å²) in [5.41, 5.74) is 0.858. The number of benzene rings is 1. The van der Waals surface area contributed by atoms with E-state index in [4.69, 9.17) is 4.74 Å².